The summed E-state index contributed by atoms with van der Waals surface area (Å²) in [6.07, 6.45) is 0.246. The van der Waals surface area contributed by atoms with Crippen molar-refractivity contribution in [2.45, 2.75) is 39.3 Å². The SMILES string of the molecule is CC(=O)N[C@H](Cc1ccccc1)C(=O)OC(C)C. The molecule has 0 saturated carbocycles. The van der Waals surface area contributed by atoms with Crippen molar-refractivity contribution in [2.75, 3.05) is 0 Å². The minimum atomic E-state index is -0.632. The van der Waals surface area contributed by atoms with Crippen molar-refractivity contribution < 1.29 is 14.3 Å². The standard InChI is InChI=1S/C14H19NO3/c1-10(2)18-14(17)13(15-11(3)16)9-12-7-5-4-6-8-12/h4-8,10,13H,9H2,1-3H3,(H,15,16)/t13-/m1/s1. The predicted octanol–water partition coefficient (Wildman–Crippen LogP) is 1.69. The largest absolute Gasteiger partial charge is 0.461 e. The van der Waals surface area contributed by atoms with Gasteiger partial charge in [0.15, 0.2) is 0 Å². The van der Waals surface area contributed by atoms with E-state index in [1.54, 1.807) is 13.8 Å². The molecule has 4 nitrogen and oxygen atoms in total. The molecular formula is C14H19NO3. The third kappa shape index (κ3) is 4.99. The van der Waals surface area contributed by atoms with Gasteiger partial charge in [-0.25, -0.2) is 4.79 Å². The van der Waals surface area contributed by atoms with Crippen LogP contribution in [-0.2, 0) is 20.7 Å². The van der Waals surface area contributed by atoms with Gasteiger partial charge in [-0.15, -0.1) is 0 Å². The van der Waals surface area contributed by atoms with Crippen LogP contribution >= 0.6 is 0 Å². The lowest BCUT2D eigenvalue weighted by Crippen LogP contribution is -2.43. The Kier molecular flexibility index (Phi) is 5.36. The second kappa shape index (κ2) is 6.79. The molecule has 0 aliphatic rings. The molecule has 1 N–H and O–H groups in total. The monoisotopic (exact) mass is 249 g/mol. The van der Waals surface area contributed by atoms with Gasteiger partial charge in [0.25, 0.3) is 0 Å². The van der Waals surface area contributed by atoms with E-state index in [9.17, 15) is 9.59 Å². The van der Waals surface area contributed by atoms with E-state index in [0.29, 0.717) is 6.42 Å². The van der Waals surface area contributed by atoms with Gasteiger partial charge in [-0.1, -0.05) is 30.3 Å². The summed E-state index contributed by atoms with van der Waals surface area (Å²) >= 11 is 0. The van der Waals surface area contributed by atoms with Crippen molar-refractivity contribution in [3.8, 4) is 0 Å². The predicted molar refractivity (Wildman–Crippen MR) is 69.0 cm³/mol. The van der Waals surface area contributed by atoms with Crippen LogP contribution in [0.3, 0.4) is 0 Å². The third-order valence-corrected chi connectivity index (χ3v) is 2.30. The molecule has 18 heavy (non-hydrogen) atoms. The molecule has 98 valence electrons. The van der Waals surface area contributed by atoms with Gasteiger partial charge in [0, 0.05) is 13.3 Å². The van der Waals surface area contributed by atoms with Gasteiger partial charge in [0.05, 0.1) is 6.10 Å². The number of nitrogens with one attached hydrogen (secondary N) is 1. The van der Waals surface area contributed by atoms with E-state index in [2.05, 4.69) is 5.32 Å². The van der Waals surface area contributed by atoms with Crippen molar-refractivity contribution >= 4 is 11.9 Å². The number of carbonyl (C=O) groups excluding carboxylic acids is 2. The minimum Gasteiger partial charge on any atom is -0.461 e. The Hall–Kier alpha value is -1.84. The third-order valence-electron chi connectivity index (χ3n) is 2.30. The van der Waals surface area contributed by atoms with Crippen LogP contribution in [0.5, 0.6) is 0 Å². The number of hydrogen-bond donors (Lipinski definition) is 1. The lowest BCUT2D eigenvalue weighted by Gasteiger charge is -2.18. The van der Waals surface area contributed by atoms with Crippen LogP contribution in [-0.4, -0.2) is 24.0 Å². The molecule has 1 aromatic rings. The molecule has 0 radical (unpaired) electrons. The lowest BCUT2D eigenvalue weighted by molar-refractivity contribution is -0.151. The van der Waals surface area contributed by atoms with Gasteiger partial charge in [-0.2, -0.15) is 0 Å². The van der Waals surface area contributed by atoms with Crippen LogP contribution in [0.25, 0.3) is 0 Å². The van der Waals surface area contributed by atoms with Crippen molar-refractivity contribution in [1.82, 2.24) is 5.32 Å². The summed E-state index contributed by atoms with van der Waals surface area (Å²) in [5.41, 5.74) is 0.983. The van der Waals surface area contributed by atoms with Crippen molar-refractivity contribution in [2.24, 2.45) is 0 Å². The summed E-state index contributed by atoms with van der Waals surface area (Å²) in [6.45, 7) is 4.96. The van der Waals surface area contributed by atoms with Gasteiger partial charge in [0.1, 0.15) is 6.04 Å². The summed E-state index contributed by atoms with van der Waals surface area (Å²) in [5, 5.41) is 2.62. The number of ether oxygens (including phenoxy) is 1. The Bertz CT molecular complexity index is 401. The zero-order valence-electron chi connectivity index (χ0n) is 11.0. The highest BCUT2D eigenvalue weighted by Gasteiger charge is 2.22. The van der Waals surface area contributed by atoms with Crippen molar-refractivity contribution in [3.05, 3.63) is 35.9 Å². The van der Waals surface area contributed by atoms with Gasteiger partial charge in [0.2, 0.25) is 5.91 Å². The van der Waals surface area contributed by atoms with E-state index < -0.39 is 12.0 Å². The van der Waals surface area contributed by atoms with Crippen LogP contribution < -0.4 is 5.32 Å². The topological polar surface area (TPSA) is 55.4 Å². The van der Waals surface area contributed by atoms with E-state index in [-0.39, 0.29) is 12.0 Å². The molecule has 0 spiro atoms. The van der Waals surface area contributed by atoms with E-state index >= 15 is 0 Å². The zero-order chi connectivity index (χ0) is 13.5. The Morgan fingerprint density at radius 2 is 1.83 bits per heavy atom. The second-order valence-electron chi connectivity index (χ2n) is 4.43. The minimum absolute atomic E-state index is 0.190. The Labute approximate surface area is 107 Å². The van der Waals surface area contributed by atoms with Crippen LogP contribution in [0.4, 0.5) is 0 Å². The molecule has 1 amide bonds. The Balaban J connectivity index is 2.72. The van der Waals surface area contributed by atoms with E-state index in [0.717, 1.165) is 5.56 Å². The van der Waals surface area contributed by atoms with Crippen molar-refractivity contribution in [3.63, 3.8) is 0 Å². The van der Waals surface area contributed by atoms with Gasteiger partial charge in [-0.05, 0) is 19.4 Å². The number of benzene rings is 1. The Morgan fingerprint density at radius 3 is 2.33 bits per heavy atom. The second-order valence-corrected chi connectivity index (χ2v) is 4.43. The average Bonchev–Trinajstić information content (AvgIpc) is 2.28. The van der Waals surface area contributed by atoms with E-state index in [1.165, 1.54) is 6.92 Å². The van der Waals surface area contributed by atoms with Gasteiger partial charge in [-0.3, -0.25) is 4.79 Å². The molecular weight excluding hydrogens is 230 g/mol. The molecule has 0 fully saturated rings. The molecule has 4 heteroatoms. The van der Waals surface area contributed by atoms with Crippen LogP contribution in [0, 0.1) is 0 Å². The van der Waals surface area contributed by atoms with Crippen molar-refractivity contribution in [1.29, 1.82) is 0 Å². The fourth-order valence-electron chi connectivity index (χ4n) is 1.60. The first-order chi connectivity index (χ1) is 8.49. The number of rotatable bonds is 5. The van der Waals surface area contributed by atoms with Crippen LogP contribution in [0.1, 0.15) is 26.3 Å². The fourth-order valence-corrected chi connectivity index (χ4v) is 1.60. The van der Waals surface area contributed by atoms with E-state index in [1.807, 2.05) is 30.3 Å². The molecule has 0 aliphatic carbocycles. The molecule has 0 unspecified atom stereocenters. The molecule has 0 aromatic heterocycles. The maximum absolute atomic E-state index is 11.9. The molecule has 0 bridgehead atoms. The highest BCUT2D eigenvalue weighted by molar-refractivity contribution is 5.83. The summed E-state index contributed by atoms with van der Waals surface area (Å²) < 4.78 is 5.13. The lowest BCUT2D eigenvalue weighted by atomic mass is 10.1. The summed E-state index contributed by atoms with van der Waals surface area (Å²) in [7, 11) is 0. The van der Waals surface area contributed by atoms with Gasteiger partial charge >= 0.3 is 5.97 Å². The smallest absolute Gasteiger partial charge is 0.329 e. The highest BCUT2D eigenvalue weighted by atomic mass is 16.5. The molecule has 1 aromatic carbocycles. The summed E-state index contributed by atoms with van der Waals surface area (Å²) in [5.74, 6) is -0.638. The first-order valence-corrected chi connectivity index (χ1v) is 6.00. The Morgan fingerprint density at radius 1 is 1.22 bits per heavy atom. The normalized spacial score (nSPS) is 12.0. The summed E-state index contributed by atoms with van der Waals surface area (Å²) in [6, 6.07) is 8.90. The molecule has 0 heterocycles. The number of esters is 1. The number of hydrogen-bond acceptors (Lipinski definition) is 3. The zero-order valence-corrected chi connectivity index (χ0v) is 11.0. The molecule has 0 saturated heterocycles. The first kappa shape index (κ1) is 14.2. The highest BCUT2D eigenvalue weighted by Crippen LogP contribution is 2.06. The van der Waals surface area contributed by atoms with Crippen LogP contribution in [0.15, 0.2) is 30.3 Å². The van der Waals surface area contributed by atoms with Crippen LogP contribution in [0.2, 0.25) is 0 Å². The maximum Gasteiger partial charge on any atom is 0.329 e. The fraction of sp³-hybridized carbons (Fsp3) is 0.429. The molecule has 0 aliphatic heterocycles. The molecule has 1 rings (SSSR count). The van der Waals surface area contributed by atoms with E-state index in [4.69, 9.17) is 4.74 Å². The van der Waals surface area contributed by atoms with Gasteiger partial charge < -0.3 is 10.1 Å². The average molecular weight is 249 g/mol. The quantitative estimate of drug-likeness (QED) is 0.808. The molecule has 1 atom stereocenters. The maximum atomic E-state index is 11.9. The number of carbonyl (C=O) groups is 2. The number of amides is 1. The summed E-state index contributed by atoms with van der Waals surface area (Å²) in [4.78, 5) is 23.0. The first-order valence-electron chi connectivity index (χ1n) is 6.00.